The Bertz CT molecular complexity index is 608. The molecule has 1 atom stereocenters. The Hall–Kier alpha value is -2.33. The number of phenolic OH excluding ortho intramolecular Hbond substituents is 1. The zero-order valence-electron chi connectivity index (χ0n) is 12.0. The van der Waals surface area contributed by atoms with E-state index in [-0.39, 0.29) is 11.8 Å². The fourth-order valence-corrected chi connectivity index (χ4v) is 2.28. The van der Waals surface area contributed by atoms with Crippen molar-refractivity contribution in [3.63, 3.8) is 0 Å². The number of carbonyl (C=O) groups is 1. The number of benzene rings is 2. The lowest BCUT2D eigenvalue weighted by Crippen LogP contribution is -2.20. The van der Waals surface area contributed by atoms with E-state index in [0.717, 1.165) is 17.5 Å². The van der Waals surface area contributed by atoms with Gasteiger partial charge in [0.15, 0.2) is 0 Å². The lowest BCUT2D eigenvalue weighted by atomic mass is 10.0. The molecule has 4 N–H and O–H groups in total. The van der Waals surface area contributed by atoms with Gasteiger partial charge in [0.05, 0.1) is 0 Å². The van der Waals surface area contributed by atoms with Gasteiger partial charge in [-0.15, -0.1) is 0 Å². The van der Waals surface area contributed by atoms with Gasteiger partial charge in [0, 0.05) is 18.2 Å². The minimum absolute atomic E-state index is 0.197. The molecule has 0 aliphatic rings. The van der Waals surface area contributed by atoms with Crippen molar-refractivity contribution in [2.45, 2.75) is 25.9 Å². The van der Waals surface area contributed by atoms with Crippen molar-refractivity contribution in [3.05, 3.63) is 65.2 Å². The van der Waals surface area contributed by atoms with Gasteiger partial charge in [-0.2, -0.15) is 0 Å². The molecule has 0 bridgehead atoms. The van der Waals surface area contributed by atoms with E-state index in [9.17, 15) is 9.90 Å². The minimum atomic E-state index is -0.414. The fraction of sp³-hybridized carbons (Fsp3) is 0.235. The first kappa shape index (κ1) is 15.1. The Morgan fingerprint density at radius 1 is 1.24 bits per heavy atom. The standard InChI is InChI=1S/C17H20N2O2/c1-2-16(13-6-8-15(20)9-7-13)19-11-12-4-3-5-14(10-12)17(18)21/h3-10,16,19-20H,2,11H2,1H3,(H2,18,21). The van der Waals surface area contributed by atoms with Crippen molar-refractivity contribution < 1.29 is 9.90 Å². The SMILES string of the molecule is CCC(NCc1cccc(C(N)=O)c1)c1ccc(O)cc1. The Kier molecular flexibility index (Phi) is 4.95. The van der Waals surface area contributed by atoms with Crippen molar-refractivity contribution >= 4 is 5.91 Å². The molecule has 0 radical (unpaired) electrons. The number of carbonyl (C=O) groups excluding carboxylic acids is 1. The molecular weight excluding hydrogens is 264 g/mol. The largest absolute Gasteiger partial charge is 0.508 e. The number of rotatable bonds is 6. The van der Waals surface area contributed by atoms with Crippen LogP contribution in [0.2, 0.25) is 0 Å². The van der Waals surface area contributed by atoms with Crippen molar-refractivity contribution in [1.29, 1.82) is 0 Å². The molecule has 0 aliphatic heterocycles. The third kappa shape index (κ3) is 4.07. The average Bonchev–Trinajstić information content (AvgIpc) is 2.50. The number of hydrogen-bond acceptors (Lipinski definition) is 3. The van der Waals surface area contributed by atoms with Crippen molar-refractivity contribution in [2.75, 3.05) is 0 Å². The fourth-order valence-electron chi connectivity index (χ4n) is 2.28. The third-order valence-corrected chi connectivity index (χ3v) is 3.47. The van der Waals surface area contributed by atoms with E-state index in [1.807, 2.05) is 24.3 Å². The number of phenols is 1. The highest BCUT2D eigenvalue weighted by Gasteiger charge is 2.09. The highest BCUT2D eigenvalue weighted by atomic mass is 16.3. The summed E-state index contributed by atoms with van der Waals surface area (Å²) in [5.74, 6) is -0.148. The van der Waals surface area contributed by atoms with Gasteiger partial charge in [0.2, 0.25) is 5.91 Å². The third-order valence-electron chi connectivity index (χ3n) is 3.47. The summed E-state index contributed by atoms with van der Waals surface area (Å²) in [6.45, 7) is 2.75. The monoisotopic (exact) mass is 284 g/mol. The molecule has 0 saturated heterocycles. The molecule has 0 heterocycles. The number of primary amides is 1. The molecule has 1 amide bonds. The lowest BCUT2D eigenvalue weighted by Gasteiger charge is -2.18. The minimum Gasteiger partial charge on any atom is -0.508 e. The van der Waals surface area contributed by atoms with Crippen LogP contribution in [0, 0.1) is 0 Å². The quantitative estimate of drug-likeness (QED) is 0.763. The predicted octanol–water partition coefficient (Wildman–Crippen LogP) is 2.73. The second kappa shape index (κ2) is 6.90. The Balaban J connectivity index is 2.04. The maximum absolute atomic E-state index is 11.2. The van der Waals surface area contributed by atoms with Gasteiger partial charge < -0.3 is 16.2 Å². The van der Waals surface area contributed by atoms with Gasteiger partial charge >= 0.3 is 0 Å². The molecule has 0 fully saturated rings. The topological polar surface area (TPSA) is 75.3 Å². The predicted molar refractivity (Wildman–Crippen MR) is 82.9 cm³/mol. The number of hydrogen-bond donors (Lipinski definition) is 3. The first-order valence-corrected chi connectivity index (χ1v) is 7.01. The molecule has 2 aromatic rings. The summed E-state index contributed by atoms with van der Waals surface area (Å²) in [6.07, 6.45) is 0.931. The van der Waals surface area contributed by atoms with Gasteiger partial charge in [0.1, 0.15) is 5.75 Å². The van der Waals surface area contributed by atoms with Crippen molar-refractivity contribution in [3.8, 4) is 5.75 Å². The Morgan fingerprint density at radius 2 is 1.95 bits per heavy atom. The summed E-state index contributed by atoms with van der Waals surface area (Å²) in [6, 6.07) is 14.7. The smallest absolute Gasteiger partial charge is 0.248 e. The van der Waals surface area contributed by atoms with E-state index in [0.29, 0.717) is 12.1 Å². The number of nitrogens with two attached hydrogens (primary N) is 1. The van der Waals surface area contributed by atoms with Gasteiger partial charge in [-0.05, 0) is 41.8 Å². The zero-order valence-corrected chi connectivity index (χ0v) is 12.0. The molecule has 0 aliphatic carbocycles. The van der Waals surface area contributed by atoms with Crippen LogP contribution in [0.3, 0.4) is 0 Å². The van der Waals surface area contributed by atoms with Crippen LogP contribution in [-0.2, 0) is 6.54 Å². The normalized spacial score (nSPS) is 12.0. The van der Waals surface area contributed by atoms with Gasteiger partial charge in [-0.3, -0.25) is 4.79 Å². The zero-order chi connectivity index (χ0) is 15.2. The first-order valence-electron chi connectivity index (χ1n) is 7.01. The van der Waals surface area contributed by atoms with Gasteiger partial charge in [-0.25, -0.2) is 0 Å². The number of amides is 1. The number of aromatic hydroxyl groups is 1. The molecule has 4 nitrogen and oxygen atoms in total. The van der Waals surface area contributed by atoms with Crippen LogP contribution in [0.15, 0.2) is 48.5 Å². The summed E-state index contributed by atoms with van der Waals surface area (Å²) in [5, 5.41) is 12.8. The van der Waals surface area contributed by atoms with E-state index in [1.165, 1.54) is 0 Å². The van der Waals surface area contributed by atoms with Crippen molar-refractivity contribution in [1.82, 2.24) is 5.32 Å². The Morgan fingerprint density at radius 3 is 2.57 bits per heavy atom. The molecule has 0 aromatic heterocycles. The summed E-state index contributed by atoms with van der Waals surface area (Å²) in [7, 11) is 0. The van der Waals surface area contributed by atoms with E-state index < -0.39 is 5.91 Å². The second-order valence-electron chi connectivity index (χ2n) is 5.00. The van der Waals surface area contributed by atoms with E-state index in [4.69, 9.17) is 5.73 Å². The van der Waals surface area contributed by atoms with Gasteiger partial charge in [0.25, 0.3) is 0 Å². The van der Waals surface area contributed by atoms with Crippen LogP contribution in [-0.4, -0.2) is 11.0 Å². The average molecular weight is 284 g/mol. The summed E-state index contributed by atoms with van der Waals surface area (Å²) < 4.78 is 0. The lowest BCUT2D eigenvalue weighted by molar-refractivity contribution is 0.1000. The van der Waals surface area contributed by atoms with Crippen molar-refractivity contribution in [2.24, 2.45) is 5.73 Å². The molecule has 110 valence electrons. The molecule has 2 aromatic carbocycles. The molecule has 21 heavy (non-hydrogen) atoms. The molecule has 1 unspecified atom stereocenters. The summed E-state index contributed by atoms with van der Waals surface area (Å²) in [5.41, 5.74) is 7.95. The maximum atomic E-state index is 11.2. The van der Waals surface area contributed by atoms with E-state index in [2.05, 4.69) is 12.2 Å². The maximum Gasteiger partial charge on any atom is 0.248 e. The van der Waals surface area contributed by atoms with Crippen LogP contribution in [0.4, 0.5) is 0 Å². The first-order chi connectivity index (χ1) is 10.1. The van der Waals surface area contributed by atoms with Crippen LogP contribution >= 0.6 is 0 Å². The van der Waals surface area contributed by atoms with Crippen LogP contribution in [0.1, 0.15) is 40.9 Å². The molecule has 0 spiro atoms. The highest BCUT2D eigenvalue weighted by Crippen LogP contribution is 2.20. The van der Waals surface area contributed by atoms with E-state index >= 15 is 0 Å². The summed E-state index contributed by atoms with van der Waals surface area (Å²) in [4.78, 5) is 11.2. The molecule has 0 saturated carbocycles. The number of nitrogens with one attached hydrogen (secondary N) is 1. The highest BCUT2D eigenvalue weighted by molar-refractivity contribution is 5.92. The molecular formula is C17H20N2O2. The van der Waals surface area contributed by atoms with Crippen LogP contribution < -0.4 is 11.1 Å². The van der Waals surface area contributed by atoms with Crippen LogP contribution in [0.25, 0.3) is 0 Å². The van der Waals surface area contributed by atoms with Gasteiger partial charge in [-0.1, -0.05) is 31.2 Å². The second-order valence-corrected chi connectivity index (χ2v) is 5.00. The molecule has 2 rings (SSSR count). The summed E-state index contributed by atoms with van der Waals surface area (Å²) >= 11 is 0. The Labute approximate surface area is 124 Å². The van der Waals surface area contributed by atoms with E-state index in [1.54, 1.807) is 24.3 Å². The van der Waals surface area contributed by atoms with Crippen LogP contribution in [0.5, 0.6) is 5.75 Å². The molecule has 4 heteroatoms.